The van der Waals surface area contributed by atoms with E-state index in [1.54, 1.807) is 4.90 Å². The molecule has 174 valence electrons. The van der Waals surface area contributed by atoms with Gasteiger partial charge in [0.25, 0.3) is 0 Å². The molecular weight excluding hydrogens is 489 g/mol. The van der Waals surface area contributed by atoms with Gasteiger partial charge in [-0.05, 0) is 45.4 Å². The van der Waals surface area contributed by atoms with Gasteiger partial charge in [-0.3, -0.25) is 9.79 Å². The van der Waals surface area contributed by atoms with Crippen molar-refractivity contribution in [2.45, 2.75) is 89.6 Å². The summed E-state index contributed by atoms with van der Waals surface area (Å²) in [5.41, 5.74) is -0.295. The Labute approximate surface area is 201 Å². The summed E-state index contributed by atoms with van der Waals surface area (Å²) < 4.78 is 0. The highest BCUT2D eigenvalue weighted by atomic mass is 127. The van der Waals surface area contributed by atoms with E-state index < -0.39 is 0 Å². The summed E-state index contributed by atoms with van der Waals surface area (Å²) in [7, 11) is 3.74. The van der Waals surface area contributed by atoms with Crippen LogP contribution in [-0.2, 0) is 4.79 Å². The molecule has 0 radical (unpaired) electrons. The van der Waals surface area contributed by atoms with E-state index >= 15 is 0 Å². The molecule has 0 aromatic carbocycles. The zero-order valence-corrected chi connectivity index (χ0v) is 21.7. The van der Waals surface area contributed by atoms with Crippen LogP contribution >= 0.6 is 24.0 Å². The summed E-state index contributed by atoms with van der Waals surface area (Å²) in [5, 5.41) is 7.09. The predicted molar refractivity (Wildman–Crippen MR) is 136 cm³/mol. The molecule has 3 fully saturated rings. The Morgan fingerprint density at radius 2 is 1.67 bits per heavy atom. The number of piperidine rings is 1. The van der Waals surface area contributed by atoms with Crippen molar-refractivity contribution in [1.29, 1.82) is 0 Å². The van der Waals surface area contributed by atoms with Gasteiger partial charge in [0.1, 0.15) is 0 Å². The Kier molecular flexibility index (Phi) is 10.7. The number of hydrogen-bond acceptors (Lipinski definition) is 3. The van der Waals surface area contributed by atoms with Gasteiger partial charge in [0.2, 0.25) is 5.91 Å². The van der Waals surface area contributed by atoms with Gasteiger partial charge < -0.3 is 20.4 Å². The number of aliphatic imine (C=N–C) groups is 1. The molecule has 3 aliphatic rings. The van der Waals surface area contributed by atoms with Gasteiger partial charge in [-0.25, -0.2) is 0 Å². The van der Waals surface area contributed by atoms with E-state index in [0.717, 1.165) is 44.2 Å². The molecule has 0 spiro atoms. The van der Waals surface area contributed by atoms with Gasteiger partial charge >= 0.3 is 0 Å². The molecule has 0 bridgehead atoms. The zero-order chi connectivity index (χ0) is 20.7. The maximum atomic E-state index is 12.8. The Hall–Kier alpha value is -0.570. The monoisotopic (exact) mass is 533 g/mol. The van der Waals surface area contributed by atoms with Crippen molar-refractivity contribution in [2.24, 2.45) is 10.4 Å². The molecule has 0 unspecified atom stereocenters. The van der Waals surface area contributed by atoms with E-state index in [2.05, 4.69) is 22.5 Å². The van der Waals surface area contributed by atoms with Gasteiger partial charge in [-0.15, -0.1) is 24.0 Å². The summed E-state index contributed by atoms with van der Waals surface area (Å²) >= 11 is 0. The maximum Gasteiger partial charge on any atom is 0.230 e. The highest BCUT2D eigenvalue weighted by molar-refractivity contribution is 14.0. The highest BCUT2D eigenvalue weighted by Crippen LogP contribution is 2.39. The van der Waals surface area contributed by atoms with Crippen LogP contribution < -0.4 is 10.6 Å². The third-order valence-electron chi connectivity index (χ3n) is 7.27. The zero-order valence-electron chi connectivity index (χ0n) is 19.4. The summed E-state index contributed by atoms with van der Waals surface area (Å²) in [4.78, 5) is 22.2. The van der Waals surface area contributed by atoms with Gasteiger partial charge in [-0.1, -0.05) is 32.1 Å². The van der Waals surface area contributed by atoms with E-state index in [-0.39, 0.29) is 35.3 Å². The molecule has 2 N–H and O–H groups in total. The number of halogens is 1. The lowest BCUT2D eigenvalue weighted by Gasteiger charge is -2.39. The van der Waals surface area contributed by atoms with Gasteiger partial charge in [0.15, 0.2) is 5.96 Å². The van der Waals surface area contributed by atoms with Crippen molar-refractivity contribution in [3.05, 3.63) is 0 Å². The lowest BCUT2D eigenvalue weighted by Crippen LogP contribution is -2.51. The fourth-order valence-corrected chi connectivity index (χ4v) is 5.56. The molecule has 2 aliphatic carbocycles. The number of rotatable bonds is 6. The summed E-state index contributed by atoms with van der Waals surface area (Å²) in [6.07, 6.45) is 13.6. The summed E-state index contributed by atoms with van der Waals surface area (Å²) in [6.45, 7) is 5.95. The number of guanidine groups is 1. The van der Waals surface area contributed by atoms with Crippen molar-refractivity contribution in [3.63, 3.8) is 0 Å². The first-order valence-corrected chi connectivity index (χ1v) is 12.0. The van der Waals surface area contributed by atoms with Crippen LogP contribution in [0.4, 0.5) is 0 Å². The van der Waals surface area contributed by atoms with Crippen molar-refractivity contribution in [3.8, 4) is 0 Å². The fourth-order valence-electron chi connectivity index (χ4n) is 5.56. The van der Waals surface area contributed by atoms with Crippen LogP contribution in [-0.4, -0.2) is 74.0 Å². The smallest absolute Gasteiger partial charge is 0.230 e. The molecule has 30 heavy (non-hydrogen) atoms. The second-order valence-corrected chi connectivity index (χ2v) is 9.63. The Morgan fingerprint density at radius 1 is 1.03 bits per heavy atom. The number of nitrogens with zero attached hydrogens (tertiary/aromatic N) is 3. The van der Waals surface area contributed by atoms with Crippen molar-refractivity contribution < 1.29 is 4.79 Å². The highest BCUT2D eigenvalue weighted by Gasteiger charge is 2.42. The predicted octanol–water partition coefficient (Wildman–Crippen LogP) is 3.61. The van der Waals surface area contributed by atoms with Crippen molar-refractivity contribution in [2.75, 3.05) is 40.3 Å². The van der Waals surface area contributed by atoms with Crippen LogP contribution in [0.5, 0.6) is 0 Å². The van der Waals surface area contributed by atoms with Gasteiger partial charge in [-0.2, -0.15) is 0 Å². The van der Waals surface area contributed by atoms with Crippen LogP contribution in [0, 0.1) is 5.41 Å². The first kappa shape index (κ1) is 25.7. The minimum Gasteiger partial charge on any atom is -0.357 e. The first-order chi connectivity index (χ1) is 14.0. The molecule has 1 amide bonds. The fraction of sp³-hybridized carbons (Fsp3) is 0.913. The molecule has 0 atom stereocenters. The van der Waals surface area contributed by atoms with Crippen LogP contribution in [0.1, 0.15) is 77.6 Å². The Bertz CT molecular complexity index is 548. The molecule has 1 saturated heterocycles. The lowest BCUT2D eigenvalue weighted by molar-refractivity contribution is -0.138. The van der Waals surface area contributed by atoms with Gasteiger partial charge in [0.05, 0.1) is 12.0 Å². The molecule has 6 nitrogen and oxygen atoms in total. The first-order valence-electron chi connectivity index (χ1n) is 12.0. The summed E-state index contributed by atoms with van der Waals surface area (Å²) in [6, 6.07) is 1.31. The second kappa shape index (κ2) is 12.5. The van der Waals surface area contributed by atoms with Crippen LogP contribution in [0.25, 0.3) is 0 Å². The minimum absolute atomic E-state index is 0. The van der Waals surface area contributed by atoms with E-state index in [0.29, 0.717) is 12.6 Å². The van der Waals surface area contributed by atoms with E-state index in [1.165, 1.54) is 58.0 Å². The van der Waals surface area contributed by atoms with Crippen molar-refractivity contribution >= 4 is 35.8 Å². The summed E-state index contributed by atoms with van der Waals surface area (Å²) in [5.74, 6) is 1.14. The van der Waals surface area contributed by atoms with Gasteiger partial charge in [0, 0.05) is 45.8 Å². The van der Waals surface area contributed by atoms with Crippen LogP contribution in [0.3, 0.4) is 0 Å². The Balaban J connectivity index is 0.00000320. The Morgan fingerprint density at radius 3 is 2.23 bits per heavy atom. The number of carbonyl (C=O) groups is 1. The average Bonchev–Trinajstić information content (AvgIpc) is 3.23. The number of likely N-dealkylation sites (tertiary alicyclic amines) is 1. The molecule has 0 aromatic heterocycles. The number of nitrogens with one attached hydrogen (secondary N) is 2. The lowest BCUT2D eigenvalue weighted by atomic mass is 9.85. The normalized spacial score (nSPS) is 23.6. The standard InChI is InChI=1S/C23H43N5O.HI/c1-4-24-22(25-18-23(14-8-9-15-23)21(29)27(2)3)26-19-12-16-28(17-13-19)20-10-6-5-7-11-20;/h19-20H,4-18H2,1-3H3,(H2,24,25,26);1H. The number of carbonyl (C=O) groups excluding carboxylic acids is 1. The number of amides is 1. The maximum absolute atomic E-state index is 12.8. The topological polar surface area (TPSA) is 60.0 Å². The second-order valence-electron chi connectivity index (χ2n) is 9.63. The molecule has 1 heterocycles. The SMILES string of the molecule is CCNC(=NCC1(C(=O)N(C)C)CCCC1)NC1CCN(C2CCCCC2)CC1.I. The molecular formula is C23H44IN5O. The van der Waals surface area contributed by atoms with E-state index in [1.807, 2.05) is 14.1 Å². The van der Waals surface area contributed by atoms with Crippen molar-refractivity contribution in [1.82, 2.24) is 20.4 Å². The van der Waals surface area contributed by atoms with E-state index in [4.69, 9.17) is 4.99 Å². The van der Waals surface area contributed by atoms with Crippen LogP contribution in [0.15, 0.2) is 4.99 Å². The minimum atomic E-state index is -0.295. The molecule has 2 saturated carbocycles. The van der Waals surface area contributed by atoms with E-state index in [9.17, 15) is 4.79 Å². The third-order valence-corrected chi connectivity index (χ3v) is 7.27. The average molecular weight is 534 g/mol. The number of hydrogen-bond donors (Lipinski definition) is 2. The largest absolute Gasteiger partial charge is 0.357 e. The molecule has 7 heteroatoms. The van der Waals surface area contributed by atoms with Crippen LogP contribution in [0.2, 0.25) is 0 Å². The molecule has 1 aliphatic heterocycles. The third kappa shape index (κ3) is 6.71. The quantitative estimate of drug-likeness (QED) is 0.311. The molecule has 0 aromatic rings. The molecule has 3 rings (SSSR count).